The summed E-state index contributed by atoms with van der Waals surface area (Å²) in [6.07, 6.45) is 1.50. The van der Waals surface area contributed by atoms with Crippen LogP contribution >= 0.6 is 0 Å². The first-order chi connectivity index (χ1) is 7.20. The van der Waals surface area contributed by atoms with Crippen molar-refractivity contribution in [1.82, 2.24) is 0 Å². The summed E-state index contributed by atoms with van der Waals surface area (Å²) in [4.78, 5) is 0. The van der Waals surface area contributed by atoms with Crippen LogP contribution in [0.5, 0.6) is 0 Å². The summed E-state index contributed by atoms with van der Waals surface area (Å²) in [5.41, 5.74) is 7.05. The fourth-order valence-corrected chi connectivity index (χ4v) is 1.94. The predicted molar refractivity (Wildman–Crippen MR) is 63.4 cm³/mol. The maximum atomic E-state index is 10.1. The molecule has 0 radical (unpaired) electrons. The topological polar surface area (TPSA) is 46.2 Å². The van der Waals surface area contributed by atoms with Gasteiger partial charge in [0.25, 0.3) is 0 Å². The molecule has 0 saturated heterocycles. The zero-order valence-electron chi connectivity index (χ0n) is 9.56. The standard InChI is InChI=1S/C13H21NO/c1-3-10(4-2)13(15)12(14)11-8-6-5-7-9-11/h5-10,12-13,15H,3-4,14H2,1-2H3. The molecule has 0 aliphatic rings. The normalized spacial score (nSPS) is 15.3. The van der Waals surface area contributed by atoms with E-state index in [-0.39, 0.29) is 6.04 Å². The molecule has 0 fully saturated rings. The summed E-state index contributed by atoms with van der Waals surface area (Å²) >= 11 is 0. The van der Waals surface area contributed by atoms with Gasteiger partial charge in [-0.25, -0.2) is 0 Å². The van der Waals surface area contributed by atoms with Gasteiger partial charge in [-0.15, -0.1) is 0 Å². The fraction of sp³-hybridized carbons (Fsp3) is 0.538. The number of benzene rings is 1. The van der Waals surface area contributed by atoms with Crippen LogP contribution in [0.25, 0.3) is 0 Å². The average Bonchev–Trinajstić information content (AvgIpc) is 2.30. The van der Waals surface area contributed by atoms with Crippen molar-refractivity contribution < 1.29 is 5.11 Å². The Labute approximate surface area is 92.1 Å². The molecule has 3 N–H and O–H groups in total. The summed E-state index contributed by atoms with van der Waals surface area (Å²) in [5, 5.41) is 10.1. The van der Waals surface area contributed by atoms with E-state index >= 15 is 0 Å². The first kappa shape index (κ1) is 12.2. The van der Waals surface area contributed by atoms with Gasteiger partial charge in [-0.3, -0.25) is 0 Å². The van der Waals surface area contributed by atoms with Crippen molar-refractivity contribution >= 4 is 0 Å². The number of hydrogen-bond donors (Lipinski definition) is 2. The van der Waals surface area contributed by atoms with Gasteiger partial charge >= 0.3 is 0 Å². The molecule has 0 saturated carbocycles. The molecule has 2 atom stereocenters. The van der Waals surface area contributed by atoms with Crippen LogP contribution in [0.4, 0.5) is 0 Å². The highest BCUT2D eigenvalue weighted by Crippen LogP contribution is 2.23. The van der Waals surface area contributed by atoms with Crippen LogP contribution in [0, 0.1) is 5.92 Å². The van der Waals surface area contributed by atoms with Gasteiger partial charge in [-0.05, 0) is 11.5 Å². The highest BCUT2D eigenvalue weighted by atomic mass is 16.3. The molecule has 2 unspecified atom stereocenters. The highest BCUT2D eigenvalue weighted by molar-refractivity contribution is 5.19. The third-order valence-corrected chi connectivity index (χ3v) is 3.08. The molecule has 1 aromatic rings. The van der Waals surface area contributed by atoms with E-state index in [4.69, 9.17) is 5.73 Å². The minimum absolute atomic E-state index is 0.268. The third kappa shape index (κ3) is 3.05. The molecule has 1 rings (SSSR count). The maximum Gasteiger partial charge on any atom is 0.0760 e. The van der Waals surface area contributed by atoms with Crippen molar-refractivity contribution in [2.75, 3.05) is 0 Å². The number of rotatable bonds is 5. The lowest BCUT2D eigenvalue weighted by Gasteiger charge is -2.26. The lowest BCUT2D eigenvalue weighted by Crippen LogP contribution is -2.32. The van der Waals surface area contributed by atoms with Gasteiger partial charge in [0.15, 0.2) is 0 Å². The van der Waals surface area contributed by atoms with Gasteiger partial charge in [0.05, 0.1) is 12.1 Å². The van der Waals surface area contributed by atoms with Crippen LogP contribution in [-0.4, -0.2) is 11.2 Å². The Bertz CT molecular complexity index is 269. The predicted octanol–water partition coefficient (Wildman–Crippen LogP) is 2.48. The van der Waals surface area contributed by atoms with E-state index in [1.807, 2.05) is 30.3 Å². The van der Waals surface area contributed by atoms with E-state index in [1.165, 1.54) is 0 Å². The SMILES string of the molecule is CCC(CC)C(O)C(N)c1ccccc1. The van der Waals surface area contributed by atoms with Crippen LogP contribution in [0.2, 0.25) is 0 Å². The smallest absolute Gasteiger partial charge is 0.0760 e. The molecular formula is C13H21NO. The second kappa shape index (κ2) is 5.89. The van der Waals surface area contributed by atoms with E-state index in [2.05, 4.69) is 13.8 Å². The molecule has 0 amide bonds. The van der Waals surface area contributed by atoms with Crippen LogP contribution < -0.4 is 5.73 Å². The molecular weight excluding hydrogens is 186 g/mol. The Morgan fingerprint density at radius 2 is 1.67 bits per heavy atom. The summed E-state index contributed by atoms with van der Waals surface area (Å²) in [5.74, 6) is 0.292. The van der Waals surface area contributed by atoms with Gasteiger partial charge in [-0.1, -0.05) is 57.0 Å². The zero-order valence-corrected chi connectivity index (χ0v) is 9.56. The van der Waals surface area contributed by atoms with Crippen molar-refractivity contribution in [2.24, 2.45) is 11.7 Å². The monoisotopic (exact) mass is 207 g/mol. The zero-order chi connectivity index (χ0) is 11.3. The lowest BCUT2D eigenvalue weighted by atomic mass is 9.88. The van der Waals surface area contributed by atoms with Crippen LogP contribution in [-0.2, 0) is 0 Å². The third-order valence-electron chi connectivity index (χ3n) is 3.08. The van der Waals surface area contributed by atoms with E-state index < -0.39 is 6.10 Å². The minimum Gasteiger partial charge on any atom is -0.391 e. The van der Waals surface area contributed by atoms with Gasteiger partial charge in [0.2, 0.25) is 0 Å². The lowest BCUT2D eigenvalue weighted by molar-refractivity contribution is 0.0773. The summed E-state index contributed by atoms with van der Waals surface area (Å²) in [6, 6.07) is 9.53. The number of aliphatic hydroxyl groups is 1. The van der Waals surface area contributed by atoms with Crippen molar-refractivity contribution in [1.29, 1.82) is 0 Å². The Hall–Kier alpha value is -0.860. The van der Waals surface area contributed by atoms with Gasteiger partial charge in [-0.2, -0.15) is 0 Å². The number of nitrogens with two attached hydrogens (primary N) is 1. The van der Waals surface area contributed by atoms with Gasteiger partial charge in [0, 0.05) is 0 Å². The van der Waals surface area contributed by atoms with Crippen molar-refractivity contribution in [3.8, 4) is 0 Å². The molecule has 0 bridgehead atoms. The molecule has 1 aromatic carbocycles. The van der Waals surface area contributed by atoms with Gasteiger partial charge < -0.3 is 10.8 Å². The quantitative estimate of drug-likeness (QED) is 0.779. The van der Waals surface area contributed by atoms with Crippen LogP contribution in [0.1, 0.15) is 38.3 Å². The second-order valence-electron chi connectivity index (χ2n) is 4.00. The molecule has 15 heavy (non-hydrogen) atoms. The highest BCUT2D eigenvalue weighted by Gasteiger charge is 2.23. The van der Waals surface area contributed by atoms with Crippen LogP contribution in [0.15, 0.2) is 30.3 Å². The van der Waals surface area contributed by atoms with Crippen molar-refractivity contribution in [3.63, 3.8) is 0 Å². The Kier molecular flexibility index (Phi) is 4.79. The minimum atomic E-state index is -0.442. The first-order valence-electron chi connectivity index (χ1n) is 5.69. The average molecular weight is 207 g/mol. The maximum absolute atomic E-state index is 10.1. The van der Waals surface area contributed by atoms with Crippen molar-refractivity contribution in [2.45, 2.75) is 38.8 Å². The fourth-order valence-electron chi connectivity index (χ4n) is 1.94. The summed E-state index contributed by atoms with van der Waals surface area (Å²) < 4.78 is 0. The van der Waals surface area contributed by atoms with E-state index in [0.29, 0.717) is 5.92 Å². The van der Waals surface area contributed by atoms with E-state index in [9.17, 15) is 5.11 Å². The van der Waals surface area contributed by atoms with E-state index in [1.54, 1.807) is 0 Å². The van der Waals surface area contributed by atoms with E-state index in [0.717, 1.165) is 18.4 Å². The van der Waals surface area contributed by atoms with Crippen LogP contribution in [0.3, 0.4) is 0 Å². The second-order valence-corrected chi connectivity index (χ2v) is 4.00. The summed E-state index contributed by atoms with van der Waals surface area (Å²) in [7, 11) is 0. The van der Waals surface area contributed by atoms with Gasteiger partial charge in [0.1, 0.15) is 0 Å². The Balaban J connectivity index is 2.71. The molecule has 0 aliphatic carbocycles. The molecule has 0 aromatic heterocycles. The Morgan fingerprint density at radius 1 is 1.13 bits per heavy atom. The Morgan fingerprint density at radius 3 is 2.13 bits per heavy atom. The molecule has 84 valence electrons. The molecule has 2 nitrogen and oxygen atoms in total. The molecule has 2 heteroatoms. The largest absolute Gasteiger partial charge is 0.391 e. The molecule has 0 spiro atoms. The molecule has 0 aliphatic heterocycles. The molecule has 0 heterocycles. The number of aliphatic hydroxyl groups excluding tert-OH is 1. The summed E-state index contributed by atoms with van der Waals surface area (Å²) in [6.45, 7) is 4.18. The van der Waals surface area contributed by atoms with Crippen molar-refractivity contribution in [3.05, 3.63) is 35.9 Å². The first-order valence-corrected chi connectivity index (χ1v) is 5.69. The number of hydrogen-bond acceptors (Lipinski definition) is 2.